The number of nitrogen functional groups attached to an aromatic ring is 1. The number of rotatable bonds is 3. The zero-order valence-corrected chi connectivity index (χ0v) is 24.6. The fourth-order valence-electron chi connectivity index (χ4n) is 5.53. The van der Waals surface area contributed by atoms with E-state index in [0.29, 0.717) is 12.2 Å². The molecule has 3 fully saturated rings. The van der Waals surface area contributed by atoms with E-state index in [1.54, 1.807) is 6.07 Å². The number of anilines is 2. The SMILES string of the molecule is Nc1nc2c(nnn2[C@@H]2C[C@@H]3COP(O)(=S)O[C@@H]4[C@@H](COP(=O)(S)O[C@@H]2C3)C[C@@H](Nc2ccncn2)[C@@H]4F)c(=O)[nH]1. The van der Waals surface area contributed by atoms with E-state index in [9.17, 15) is 14.3 Å². The number of hydrogen-bond donors (Lipinski definition) is 5. The minimum atomic E-state index is -4.02. The van der Waals surface area contributed by atoms with Crippen molar-refractivity contribution in [3.8, 4) is 0 Å². The molecular weight excluding hydrogens is 623 g/mol. The Bertz CT molecular complexity index is 1590. The van der Waals surface area contributed by atoms with Gasteiger partial charge in [0.2, 0.25) is 5.95 Å². The van der Waals surface area contributed by atoms with Crippen LogP contribution in [0.3, 0.4) is 0 Å². The number of H-pyrrole nitrogens is 1. The topological polar surface area (TPSA) is 215 Å². The lowest BCUT2D eigenvalue weighted by Crippen LogP contribution is -2.34. The van der Waals surface area contributed by atoms with Gasteiger partial charge in [0.05, 0.1) is 31.4 Å². The molecule has 0 spiro atoms. The molecule has 4 heterocycles. The molecule has 16 nitrogen and oxygen atoms in total. The number of aromatic amines is 1. The lowest BCUT2D eigenvalue weighted by atomic mass is 10.1. The molecule has 21 heteroatoms. The van der Waals surface area contributed by atoms with Crippen LogP contribution in [0.5, 0.6) is 0 Å². The molecule has 9 atom stereocenters. The molecule has 2 bridgehead atoms. The summed E-state index contributed by atoms with van der Waals surface area (Å²) >= 11 is 9.43. The third kappa shape index (κ3) is 6.19. The maximum atomic E-state index is 15.6. The minimum Gasteiger partial charge on any atom is -0.369 e. The second-order valence-electron chi connectivity index (χ2n) is 10.1. The number of halogens is 1. The summed E-state index contributed by atoms with van der Waals surface area (Å²) in [6.07, 6.45) is -0.0568. The molecule has 0 amide bonds. The van der Waals surface area contributed by atoms with Crippen molar-refractivity contribution in [2.45, 2.75) is 49.7 Å². The number of aromatic nitrogens is 7. The molecule has 2 unspecified atom stereocenters. The number of nitrogens with one attached hydrogen (secondary N) is 2. The highest BCUT2D eigenvalue weighted by Gasteiger charge is 2.49. The monoisotopic (exact) mass is 649 g/mol. The molecule has 6 rings (SSSR count). The van der Waals surface area contributed by atoms with Gasteiger partial charge in [0.25, 0.3) is 5.56 Å². The highest BCUT2D eigenvalue weighted by atomic mass is 32.7. The average molecular weight is 650 g/mol. The lowest BCUT2D eigenvalue weighted by Gasteiger charge is -2.27. The van der Waals surface area contributed by atoms with E-state index in [-0.39, 0.29) is 49.1 Å². The Morgan fingerprint density at radius 1 is 1.27 bits per heavy atom. The Morgan fingerprint density at radius 3 is 2.88 bits per heavy atom. The predicted molar refractivity (Wildman–Crippen MR) is 149 cm³/mol. The van der Waals surface area contributed by atoms with Crippen molar-refractivity contribution in [3.05, 3.63) is 28.9 Å². The Hall–Kier alpha value is -2.08. The van der Waals surface area contributed by atoms with Gasteiger partial charge in [-0.15, -0.1) is 5.10 Å². The fourth-order valence-corrected chi connectivity index (χ4v) is 8.64. The number of nitrogens with zero attached hydrogens (tertiary/aromatic N) is 6. The Labute approximate surface area is 241 Å². The molecule has 0 radical (unpaired) electrons. The summed E-state index contributed by atoms with van der Waals surface area (Å²) in [5.74, 6) is -0.733. The van der Waals surface area contributed by atoms with E-state index in [2.05, 4.69) is 47.8 Å². The van der Waals surface area contributed by atoms with Crippen molar-refractivity contribution < 1.29 is 31.9 Å². The van der Waals surface area contributed by atoms with Crippen LogP contribution in [0.4, 0.5) is 16.2 Å². The summed E-state index contributed by atoms with van der Waals surface area (Å²) in [4.78, 5) is 37.6. The second kappa shape index (κ2) is 11.2. The average Bonchev–Trinajstić information content (AvgIpc) is 3.58. The first-order valence-electron chi connectivity index (χ1n) is 12.6. The highest BCUT2D eigenvalue weighted by Crippen LogP contribution is 2.59. The van der Waals surface area contributed by atoms with E-state index in [1.165, 1.54) is 17.2 Å². The van der Waals surface area contributed by atoms with Gasteiger partial charge >= 0.3 is 13.5 Å². The van der Waals surface area contributed by atoms with Gasteiger partial charge in [0.1, 0.15) is 24.4 Å². The second-order valence-corrected chi connectivity index (χ2v) is 15.8. The van der Waals surface area contributed by atoms with Crippen LogP contribution in [0.25, 0.3) is 11.2 Å². The van der Waals surface area contributed by atoms with Gasteiger partial charge in [0.15, 0.2) is 11.2 Å². The van der Waals surface area contributed by atoms with Gasteiger partial charge in [-0.3, -0.25) is 14.3 Å². The third-order valence-corrected chi connectivity index (χ3v) is 10.5. The summed E-state index contributed by atoms with van der Waals surface area (Å²) in [6, 6.07) is 0.177. The number of alkyl halides is 1. The molecule has 2 saturated carbocycles. The molecule has 3 aromatic heterocycles. The van der Waals surface area contributed by atoms with Crippen molar-refractivity contribution in [3.63, 3.8) is 0 Å². The van der Waals surface area contributed by atoms with Crippen molar-refractivity contribution >= 4 is 60.5 Å². The number of hydrogen-bond acceptors (Lipinski definition) is 14. The number of fused-ring (bicyclic) bond motifs is 4. The van der Waals surface area contributed by atoms with Crippen LogP contribution in [0.15, 0.2) is 23.4 Å². The van der Waals surface area contributed by atoms with Gasteiger partial charge in [-0.05, 0) is 43.1 Å². The predicted octanol–water partition coefficient (Wildman–Crippen LogP) is 1.75. The van der Waals surface area contributed by atoms with Crippen LogP contribution in [0.2, 0.25) is 0 Å². The molecule has 0 aromatic carbocycles. The summed E-state index contributed by atoms with van der Waals surface area (Å²) < 4.78 is 53.3. The van der Waals surface area contributed by atoms with Gasteiger partial charge in [-0.2, -0.15) is 4.98 Å². The van der Waals surface area contributed by atoms with E-state index < -0.39 is 55.5 Å². The molecule has 1 saturated heterocycles. The normalized spacial score (nSPS) is 38.1. The van der Waals surface area contributed by atoms with Crippen LogP contribution >= 0.6 is 25.8 Å². The van der Waals surface area contributed by atoms with Crippen molar-refractivity contribution in [2.24, 2.45) is 11.8 Å². The summed E-state index contributed by atoms with van der Waals surface area (Å²) in [6.45, 7) is -8.28. The quantitative estimate of drug-likeness (QED) is 0.202. The zero-order valence-electron chi connectivity index (χ0n) is 21.1. The molecule has 3 aromatic rings. The zero-order chi connectivity index (χ0) is 28.9. The molecule has 41 heavy (non-hydrogen) atoms. The summed E-state index contributed by atoms with van der Waals surface area (Å²) in [5, 5.41) is 11.0. The first-order chi connectivity index (χ1) is 19.5. The maximum absolute atomic E-state index is 15.6. The first kappa shape index (κ1) is 29.0. The van der Waals surface area contributed by atoms with Gasteiger partial charge in [-0.25, -0.2) is 23.6 Å². The van der Waals surface area contributed by atoms with E-state index in [1.807, 2.05) is 0 Å². The Kier molecular flexibility index (Phi) is 7.93. The van der Waals surface area contributed by atoms with Gasteiger partial charge in [-0.1, -0.05) is 17.5 Å². The van der Waals surface area contributed by atoms with Crippen LogP contribution in [0, 0.1) is 11.8 Å². The molecule has 3 aliphatic rings. The van der Waals surface area contributed by atoms with E-state index >= 15 is 4.39 Å². The molecular formula is C20H26FN9O7P2S2. The smallest absolute Gasteiger partial charge is 0.369 e. The molecule has 5 N–H and O–H groups in total. The Morgan fingerprint density at radius 2 is 2.10 bits per heavy atom. The largest absolute Gasteiger partial charge is 0.386 e. The van der Waals surface area contributed by atoms with Crippen molar-refractivity contribution in [1.82, 2.24) is 34.9 Å². The number of nitrogens with two attached hydrogens (primary N) is 1. The molecule has 2 aliphatic carbocycles. The van der Waals surface area contributed by atoms with Crippen molar-refractivity contribution in [1.29, 1.82) is 0 Å². The van der Waals surface area contributed by atoms with Crippen LogP contribution < -0.4 is 16.6 Å². The van der Waals surface area contributed by atoms with E-state index in [4.69, 9.17) is 35.6 Å². The van der Waals surface area contributed by atoms with Gasteiger partial charge < -0.3 is 29.5 Å². The van der Waals surface area contributed by atoms with Crippen LogP contribution in [-0.4, -0.2) is 77.5 Å². The third-order valence-electron chi connectivity index (χ3n) is 7.32. The standard InChI is InChI=1S/C20H26FN9O7P2S2/c21-15-11(25-14-1-2-23-8-24-14)5-10-7-35-38(32,40)36-13-4-9(6-34-39(33,41)37-17(10)15)3-12(13)30-18-16(28-29-30)19(31)27-20(22)26-18/h1-2,8-13,15,17H,3-7H2,(H,32,40)(H,33,41)(H,23,24,25)(H3,22,26,27,31)/t9-,10+,11+,12+,13+,15-,17+,38?,39?/m0/s1. The summed E-state index contributed by atoms with van der Waals surface area (Å²) in [5.41, 5.74) is 5.24. The van der Waals surface area contributed by atoms with E-state index in [0.717, 1.165) is 0 Å². The minimum absolute atomic E-state index is 0.0326. The molecule has 222 valence electrons. The fraction of sp³-hybridized carbons (Fsp3) is 0.600. The van der Waals surface area contributed by atoms with Crippen molar-refractivity contribution in [2.75, 3.05) is 24.3 Å². The lowest BCUT2D eigenvalue weighted by molar-refractivity contribution is 0.0434. The first-order valence-corrected chi connectivity index (χ1v) is 17.9. The Balaban J connectivity index is 1.27. The van der Waals surface area contributed by atoms with Crippen LogP contribution in [0.1, 0.15) is 25.3 Å². The summed E-state index contributed by atoms with van der Waals surface area (Å²) in [7, 11) is 0. The molecule has 1 aliphatic heterocycles. The maximum Gasteiger partial charge on any atom is 0.386 e. The highest BCUT2D eigenvalue weighted by molar-refractivity contribution is 8.44. The number of thiol groups is 1. The van der Waals surface area contributed by atoms with Gasteiger partial charge in [0, 0.05) is 12.1 Å². The van der Waals surface area contributed by atoms with Crippen LogP contribution in [-0.2, 0) is 34.5 Å².